The quantitative estimate of drug-likeness (QED) is 0.387. The fourth-order valence-electron chi connectivity index (χ4n) is 4.30. The summed E-state index contributed by atoms with van der Waals surface area (Å²) >= 11 is 0. The van der Waals surface area contributed by atoms with Crippen molar-refractivity contribution in [3.63, 3.8) is 0 Å². The van der Waals surface area contributed by atoms with E-state index in [0.717, 1.165) is 50.0 Å². The van der Waals surface area contributed by atoms with Gasteiger partial charge in [-0.25, -0.2) is 0 Å². The van der Waals surface area contributed by atoms with E-state index in [1.807, 2.05) is 19.1 Å². The van der Waals surface area contributed by atoms with Crippen LogP contribution in [0.5, 0.6) is 5.75 Å². The van der Waals surface area contributed by atoms with E-state index in [9.17, 15) is 10.1 Å². The zero-order valence-electron chi connectivity index (χ0n) is 18.5. The van der Waals surface area contributed by atoms with E-state index in [1.54, 1.807) is 6.07 Å². The van der Waals surface area contributed by atoms with Gasteiger partial charge in [-0.1, -0.05) is 57.5 Å². The first kappa shape index (κ1) is 22.1. The van der Waals surface area contributed by atoms with Gasteiger partial charge in [0.1, 0.15) is 11.8 Å². The van der Waals surface area contributed by atoms with E-state index in [0.29, 0.717) is 17.2 Å². The minimum atomic E-state index is -0.196. The van der Waals surface area contributed by atoms with Crippen molar-refractivity contribution in [2.24, 2.45) is 11.8 Å². The highest BCUT2D eigenvalue weighted by Gasteiger charge is 2.29. The van der Waals surface area contributed by atoms with Crippen molar-refractivity contribution in [3.8, 4) is 11.8 Å². The van der Waals surface area contributed by atoms with Gasteiger partial charge < -0.3 is 4.74 Å². The summed E-state index contributed by atoms with van der Waals surface area (Å²) in [7, 11) is 0. The average Bonchev–Trinajstić information content (AvgIpc) is 2.79. The lowest BCUT2D eigenvalue weighted by Gasteiger charge is -2.27. The number of nitrogens with zero attached hydrogens (tertiary/aromatic N) is 1. The minimum absolute atomic E-state index is 0.0803. The summed E-state index contributed by atoms with van der Waals surface area (Å²) in [6.07, 6.45) is 6.89. The van der Waals surface area contributed by atoms with E-state index in [4.69, 9.17) is 4.74 Å². The molecule has 0 amide bonds. The van der Waals surface area contributed by atoms with Crippen LogP contribution in [0.4, 0.5) is 0 Å². The summed E-state index contributed by atoms with van der Waals surface area (Å²) < 4.78 is 5.62. The van der Waals surface area contributed by atoms with Crippen molar-refractivity contribution < 1.29 is 9.53 Å². The Morgan fingerprint density at radius 3 is 2.33 bits per heavy atom. The van der Waals surface area contributed by atoms with Crippen LogP contribution in [-0.4, -0.2) is 5.97 Å². The molecule has 0 aliphatic heterocycles. The Morgan fingerprint density at radius 2 is 1.73 bits per heavy atom. The van der Waals surface area contributed by atoms with E-state index >= 15 is 0 Å². The second-order valence-electron chi connectivity index (χ2n) is 8.72. The molecule has 0 spiro atoms. The number of carbonyl (C=O) groups excluding carboxylic acids is 1. The lowest BCUT2D eigenvalue weighted by Crippen LogP contribution is -2.25. The van der Waals surface area contributed by atoms with Crippen LogP contribution in [0.2, 0.25) is 0 Å². The first-order valence-corrected chi connectivity index (χ1v) is 11.4. The highest BCUT2D eigenvalue weighted by atomic mass is 16.5. The molecule has 0 radical (unpaired) electrons. The van der Waals surface area contributed by atoms with E-state index in [2.05, 4.69) is 44.2 Å². The topological polar surface area (TPSA) is 50.1 Å². The van der Waals surface area contributed by atoms with Crippen molar-refractivity contribution in [1.29, 1.82) is 5.26 Å². The molecule has 1 aliphatic rings. The number of nitriles is 1. The predicted octanol–water partition coefficient (Wildman–Crippen LogP) is 6.59. The molecule has 0 saturated heterocycles. The van der Waals surface area contributed by atoms with Crippen molar-refractivity contribution >= 4 is 5.97 Å². The first-order valence-electron chi connectivity index (χ1n) is 11.4. The van der Waals surface area contributed by atoms with Crippen LogP contribution >= 0.6 is 0 Å². The maximum absolute atomic E-state index is 12.7. The summed E-state index contributed by atoms with van der Waals surface area (Å²) in [4.78, 5) is 12.7. The van der Waals surface area contributed by atoms with Crippen LogP contribution in [0.1, 0.15) is 81.0 Å². The van der Waals surface area contributed by atoms with Crippen LogP contribution < -0.4 is 4.74 Å². The third-order valence-electron chi connectivity index (χ3n) is 6.58. The number of rotatable bonds is 7. The second-order valence-corrected chi connectivity index (χ2v) is 8.72. The Hall–Kier alpha value is -2.60. The highest BCUT2D eigenvalue weighted by molar-refractivity contribution is 5.76. The third-order valence-corrected chi connectivity index (χ3v) is 6.58. The number of carbonyl (C=O) groups is 1. The van der Waals surface area contributed by atoms with Crippen LogP contribution in [0.15, 0.2) is 42.5 Å². The molecule has 0 aromatic heterocycles. The Bertz CT molecular complexity index is 886. The Morgan fingerprint density at radius 1 is 1.07 bits per heavy atom. The lowest BCUT2D eigenvalue weighted by atomic mass is 9.78. The molecule has 30 heavy (non-hydrogen) atoms. The maximum atomic E-state index is 12.7. The fraction of sp³-hybridized carbons (Fsp3) is 0.481. The molecule has 1 fully saturated rings. The van der Waals surface area contributed by atoms with Gasteiger partial charge in [-0.2, -0.15) is 5.26 Å². The number of aryl methyl sites for hydroxylation is 1. The molecule has 3 nitrogen and oxygen atoms in total. The molecule has 1 unspecified atom stereocenters. The fourth-order valence-corrected chi connectivity index (χ4v) is 4.30. The molecular weight excluding hydrogens is 370 g/mol. The van der Waals surface area contributed by atoms with Gasteiger partial charge in [-0.15, -0.1) is 0 Å². The number of benzene rings is 2. The van der Waals surface area contributed by atoms with Gasteiger partial charge in [-0.3, -0.25) is 4.79 Å². The minimum Gasteiger partial charge on any atom is -0.425 e. The smallest absolute Gasteiger partial charge is 0.314 e. The lowest BCUT2D eigenvalue weighted by molar-refractivity contribution is -0.140. The van der Waals surface area contributed by atoms with Crippen molar-refractivity contribution in [1.82, 2.24) is 0 Å². The largest absolute Gasteiger partial charge is 0.425 e. The molecule has 1 saturated carbocycles. The van der Waals surface area contributed by atoms with Crippen LogP contribution in [-0.2, 0) is 17.6 Å². The molecule has 158 valence electrons. The number of hydrogen-bond acceptors (Lipinski definition) is 3. The molecule has 3 rings (SSSR count). The Labute approximate surface area is 181 Å². The molecule has 2 aromatic rings. The van der Waals surface area contributed by atoms with Crippen molar-refractivity contribution in [3.05, 3.63) is 64.7 Å². The number of esters is 1. The first-order chi connectivity index (χ1) is 14.5. The summed E-state index contributed by atoms with van der Waals surface area (Å²) in [6.45, 7) is 6.58. The SMILES string of the molecule is CCc1ccc(OC(=O)C2CCC(c3ccc(CC(C)CC)cc3)CC2)c(C#N)c1. The predicted molar refractivity (Wildman–Crippen MR) is 120 cm³/mol. The van der Waals surface area contributed by atoms with Gasteiger partial charge in [0.05, 0.1) is 11.5 Å². The molecule has 1 atom stereocenters. The van der Waals surface area contributed by atoms with Gasteiger partial charge in [0.15, 0.2) is 0 Å². The van der Waals surface area contributed by atoms with Gasteiger partial charge >= 0.3 is 5.97 Å². The van der Waals surface area contributed by atoms with Gasteiger partial charge in [0, 0.05) is 0 Å². The van der Waals surface area contributed by atoms with Gasteiger partial charge in [-0.05, 0) is 79.2 Å². The van der Waals surface area contributed by atoms with Crippen molar-refractivity contribution in [2.75, 3.05) is 0 Å². The molecule has 3 heteroatoms. The summed E-state index contributed by atoms with van der Waals surface area (Å²) in [6, 6.07) is 16.7. The standard InChI is InChI=1S/C27H33NO2/c1-4-19(3)16-21-6-9-22(10-7-21)23-11-13-24(14-12-23)27(29)30-26-15-8-20(5-2)17-25(26)18-28/h6-10,15,17,19,23-24H,4-5,11-14,16H2,1-3H3. The number of hydrogen-bond donors (Lipinski definition) is 0. The molecule has 0 N–H and O–H groups in total. The zero-order chi connectivity index (χ0) is 21.5. The molecule has 0 bridgehead atoms. The monoisotopic (exact) mass is 403 g/mol. The molecular formula is C27H33NO2. The molecule has 0 heterocycles. The van der Waals surface area contributed by atoms with E-state index in [1.165, 1.54) is 17.5 Å². The normalized spacial score (nSPS) is 19.7. The maximum Gasteiger partial charge on any atom is 0.314 e. The highest BCUT2D eigenvalue weighted by Crippen LogP contribution is 2.37. The van der Waals surface area contributed by atoms with Crippen LogP contribution in [0.25, 0.3) is 0 Å². The van der Waals surface area contributed by atoms with Crippen LogP contribution in [0, 0.1) is 23.2 Å². The van der Waals surface area contributed by atoms with Crippen LogP contribution in [0.3, 0.4) is 0 Å². The average molecular weight is 404 g/mol. The summed E-state index contributed by atoms with van der Waals surface area (Å²) in [5.74, 6) is 1.35. The second kappa shape index (κ2) is 10.4. The van der Waals surface area contributed by atoms with Gasteiger partial charge in [0.25, 0.3) is 0 Å². The Kier molecular flexibility index (Phi) is 7.69. The van der Waals surface area contributed by atoms with E-state index in [-0.39, 0.29) is 11.9 Å². The number of ether oxygens (including phenoxy) is 1. The zero-order valence-corrected chi connectivity index (χ0v) is 18.5. The molecule has 1 aliphatic carbocycles. The van der Waals surface area contributed by atoms with E-state index < -0.39 is 0 Å². The van der Waals surface area contributed by atoms with Crippen molar-refractivity contribution in [2.45, 2.75) is 71.6 Å². The molecule has 2 aromatic carbocycles. The Balaban J connectivity index is 1.55. The third kappa shape index (κ3) is 5.51. The van der Waals surface area contributed by atoms with Gasteiger partial charge in [0.2, 0.25) is 0 Å². The summed E-state index contributed by atoms with van der Waals surface area (Å²) in [5.41, 5.74) is 4.31. The summed E-state index contributed by atoms with van der Waals surface area (Å²) in [5, 5.41) is 9.36.